The van der Waals surface area contributed by atoms with Gasteiger partial charge in [0.2, 0.25) is 5.88 Å². The van der Waals surface area contributed by atoms with Gasteiger partial charge in [-0.3, -0.25) is 9.36 Å². The highest BCUT2D eigenvalue weighted by atomic mass is 79.9. The van der Waals surface area contributed by atoms with Crippen molar-refractivity contribution in [3.05, 3.63) is 83.2 Å². The lowest BCUT2D eigenvalue weighted by Gasteiger charge is -2.26. The van der Waals surface area contributed by atoms with Crippen molar-refractivity contribution < 1.29 is 18.7 Å². The Morgan fingerprint density at radius 3 is 2.74 bits per heavy atom. The van der Waals surface area contributed by atoms with Crippen LogP contribution in [0.25, 0.3) is 6.08 Å². The van der Waals surface area contributed by atoms with E-state index in [1.165, 1.54) is 11.3 Å². The lowest BCUT2D eigenvalue weighted by Crippen LogP contribution is -2.39. The number of fused-ring (bicyclic) bond motifs is 1. The molecule has 0 spiro atoms. The number of allylic oxidation sites excluding steroid dienone is 1. The second kappa shape index (κ2) is 9.96. The normalized spacial score (nSPS) is 18.4. The zero-order valence-corrected chi connectivity index (χ0v) is 21.7. The molecule has 3 aromatic rings. The van der Waals surface area contributed by atoms with Gasteiger partial charge in [-0.1, -0.05) is 41.7 Å². The van der Waals surface area contributed by atoms with E-state index in [-0.39, 0.29) is 12.2 Å². The van der Waals surface area contributed by atoms with Gasteiger partial charge in [0.1, 0.15) is 5.76 Å². The second-order valence-corrected chi connectivity index (χ2v) is 9.98. The van der Waals surface area contributed by atoms with Crippen LogP contribution in [0.2, 0.25) is 0 Å². The van der Waals surface area contributed by atoms with Gasteiger partial charge in [0.25, 0.3) is 5.56 Å². The molecule has 2 aliphatic heterocycles. The van der Waals surface area contributed by atoms with Crippen LogP contribution in [0.5, 0.6) is 0 Å². The molecule has 10 heteroatoms. The van der Waals surface area contributed by atoms with Crippen LogP contribution < -0.4 is 19.8 Å². The van der Waals surface area contributed by atoms with Crippen molar-refractivity contribution in [3.63, 3.8) is 0 Å². The number of carbonyl (C=O) groups excluding carboxylic acids is 1. The maximum Gasteiger partial charge on any atom is 0.338 e. The molecular formula is C25H24BrN3O5S. The van der Waals surface area contributed by atoms with Crippen molar-refractivity contribution in [2.75, 3.05) is 37.8 Å². The summed E-state index contributed by atoms with van der Waals surface area (Å²) in [4.78, 5) is 33.8. The number of benzene rings is 1. The third-order valence-electron chi connectivity index (χ3n) is 5.89. The lowest BCUT2D eigenvalue weighted by atomic mass is 9.96. The molecule has 0 unspecified atom stereocenters. The van der Waals surface area contributed by atoms with Gasteiger partial charge in [-0.2, -0.15) is 0 Å². The van der Waals surface area contributed by atoms with E-state index in [1.807, 2.05) is 36.4 Å². The number of rotatable bonds is 5. The van der Waals surface area contributed by atoms with Crippen LogP contribution >= 0.6 is 27.3 Å². The zero-order valence-electron chi connectivity index (χ0n) is 19.3. The zero-order chi connectivity index (χ0) is 24.5. The number of nitrogens with zero attached hydrogens (tertiary/aromatic N) is 3. The Bertz CT molecular complexity index is 1460. The average Bonchev–Trinajstić information content (AvgIpc) is 3.38. The van der Waals surface area contributed by atoms with Gasteiger partial charge in [0.15, 0.2) is 4.80 Å². The molecule has 1 fully saturated rings. The summed E-state index contributed by atoms with van der Waals surface area (Å²) in [6, 6.07) is 10.7. The SMILES string of the molecule is CCOC(=O)C1=C(C)N=c2s/c(=C/c3cc(Br)c(N4CCOCC4)o3)c(=O)n2[C@H]1c1ccccc1. The van der Waals surface area contributed by atoms with Gasteiger partial charge < -0.3 is 18.8 Å². The maximum absolute atomic E-state index is 13.7. The predicted molar refractivity (Wildman–Crippen MR) is 136 cm³/mol. The highest BCUT2D eigenvalue weighted by molar-refractivity contribution is 9.10. The van der Waals surface area contributed by atoms with Crippen LogP contribution in [0.1, 0.15) is 31.2 Å². The van der Waals surface area contributed by atoms with Gasteiger partial charge in [-0.05, 0) is 35.3 Å². The molecule has 1 saturated heterocycles. The number of thiazole rings is 1. The summed E-state index contributed by atoms with van der Waals surface area (Å²) >= 11 is 4.85. The Morgan fingerprint density at radius 1 is 1.29 bits per heavy atom. The number of furan rings is 1. The van der Waals surface area contributed by atoms with Crippen LogP contribution in [0.4, 0.5) is 5.88 Å². The van der Waals surface area contributed by atoms with Crippen LogP contribution in [0, 0.1) is 0 Å². The smallest absolute Gasteiger partial charge is 0.338 e. The molecule has 182 valence electrons. The van der Waals surface area contributed by atoms with Crippen molar-refractivity contribution in [3.8, 4) is 0 Å². The van der Waals surface area contributed by atoms with E-state index in [0.29, 0.717) is 39.6 Å². The fraction of sp³-hybridized carbons (Fsp3) is 0.320. The Labute approximate surface area is 213 Å². The lowest BCUT2D eigenvalue weighted by molar-refractivity contribution is -0.139. The van der Waals surface area contributed by atoms with E-state index in [0.717, 1.165) is 29.0 Å². The molecule has 0 N–H and O–H groups in total. The average molecular weight is 558 g/mol. The van der Waals surface area contributed by atoms with E-state index < -0.39 is 12.0 Å². The molecule has 4 heterocycles. The van der Waals surface area contributed by atoms with Crippen LogP contribution in [0.15, 0.2) is 66.3 Å². The molecule has 2 aromatic heterocycles. The molecular weight excluding hydrogens is 534 g/mol. The summed E-state index contributed by atoms with van der Waals surface area (Å²) in [7, 11) is 0. The molecule has 2 aliphatic rings. The minimum absolute atomic E-state index is 0.236. The third kappa shape index (κ3) is 4.53. The van der Waals surface area contributed by atoms with Gasteiger partial charge in [0.05, 0.1) is 46.1 Å². The Morgan fingerprint density at radius 2 is 2.03 bits per heavy atom. The largest absolute Gasteiger partial charge is 0.463 e. The second-order valence-electron chi connectivity index (χ2n) is 8.11. The highest BCUT2D eigenvalue weighted by Gasteiger charge is 2.33. The van der Waals surface area contributed by atoms with Gasteiger partial charge in [0, 0.05) is 25.2 Å². The number of morpholine rings is 1. The van der Waals surface area contributed by atoms with Crippen LogP contribution in [0.3, 0.4) is 0 Å². The monoisotopic (exact) mass is 557 g/mol. The molecule has 35 heavy (non-hydrogen) atoms. The van der Waals surface area contributed by atoms with Crippen molar-refractivity contribution in [1.82, 2.24) is 4.57 Å². The molecule has 8 nitrogen and oxygen atoms in total. The Balaban J connectivity index is 1.62. The number of ether oxygens (including phenoxy) is 2. The molecule has 1 aromatic carbocycles. The molecule has 1 atom stereocenters. The van der Waals surface area contributed by atoms with Gasteiger partial charge in [-0.25, -0.2) is 9.79 Å². The van der Waals surface area contributed by atoms with Crippen molar-refractivity contribution >= 4 is 45.2 Å². The first kappa shape index (κ1) is 23.8. The number of aromatic nitrogens is 1. The summed E-state index contributed by atoms with van der Waals surface area (Å²) in [5, 5.41) is 0. The maximum atomic E-state index is 13.7. The molecule has 0 amide bonds. The summed E-state index contributed by atoms with van der Waals surface area (Å²) < 4.78 is 19.7. The quantitative estimate of drug-likeness (QED) is 0.448. The minimum atomic E-state index is -0.624. The van der Waals surface area contributed by atoms with Crippen molar-refractivity contribution in [2.45, 2.75) is 19.9 Å². The fourth-order valence-corrected chi connectivity index (χ4v) is 5.89. The molecule has 0 radical (unpaired) electrons. The van der Waals surface area contributed by atoms with Crippen LogP contribution in [-0.2, 0) is 14.3 Å². The Hall–Kier alpha value is -2.95. The number of esters is 1. The standard InChI is InChI=1S/C25H24BrN3O5S/c1-3-33-24(31)20-15(2)27-25-29(21(20)16-7-5-4-6-8-16)22(30)19(35-25)14-17-13-18(26)23(34-17)28-9-11-32-12-10-28/h4-8,13-14,21H,3,9-12H2,1-2H3/b19-14+/t21-/m0/s1. The van der Waals surface area contributed by atoms with Crippen molar-refractivity contribution in [2.24, 2.45) is 4.99 Å². The number of carbonyl (C=O) groups is 1. The van der Waals surface area contributed by atoms with Crippen LogP contribution in [-0.4, -0.2) is 43.4 Å². The first-order valence-electron chi connectivity index (χ1n) is 11.3. The molecule has 5 rings (SSSR count). The van der Waals surface area contributed by atoms with Crippen molar-refractivity contribution in [1.29, 1.82) is 0 Å². The third-order valence-corrected chi connectivity index (χ3v) is 7.44. The summed E-state index contributed by atoms with van der Waals surface area (Å²) in [6.45, 7) is 6.53. The number of hydrogen-bond donors (Lipinski definition) is 0. The summed E-state index contributed by atoms with van der Waals surface area (Å²) in [6.07, 6.45) is 1.73. The number of hydrogen-bond acceptors (Lipinski definition) is 8. The first-order chi connectivity index (χ1) is 17.0. The summed E-state index contributed by atoms with van der Waals surface area (Å²) in [5.41, 5.74) is 1.48. The predicted octanol–water partition coefficient (Wildman–Crippen LogP) is 2.99. The number of halogens is 1. The number of anilines is 1. The van der Waals surface area contributed by atoms with E-state index in [1.54, 1.807) is 24.5 Å². The van der Waals surface area contributed by atoms with E-state index in [4.69, 9.17) is 13.9 Å². The summed E-state index contributed by atoms with van der Waals surface area (Å²) in [5.74, 6) is 0.804. The van der Waals surface area contributed by atoms with E-state index in [2.05, 4.69) is 25.8 Å². The highest BCUT2D eigenvalue weighted by Crippen LogP contribution is 2.32. The van der Waals surface area contributed by atoms with E-state index in [9.17, 15) is 9.59 Å². The minimum Gasteiger partial charge on any atom is -0.463 e. The molecule has 0 saturated carbocycles. The molecule has 0 aliphatic carbocycles. The molecule has 0 bridgehead atoms. The topological polar surface area (TPSA) is 86.3 Å². The van der Waals surface area contributed by atoms with Gasteiger partial charge in [-0.15, -0.1) is 0 Å². The van der Waals surface area contributed by atoms with E-state index >= 15 is 0 Å². The van der Waals surface area contributed by atoms with Gasteiger partial charge >= 0.3 is 5.97 Å². The Kier molecular flexibility index (Phi) is 6.77. The fourth-order valence-electron chi connectivity index (χ4n) is 4.30. The first-order valence-corrected chi connectivity index (χ1v) is 13.0.